The van der Waals surface area contributed by atoms with Crippen LogP contribution in [0.4, 0.5) is 0 Å². The van der Waals surface area contributed by atoms with E-state index in [1.807, 2.05) is 6.92 Å². The van der Waals surface area contributed by atoms with Crippen LogP contribution in [0.15, 0.2) is 0 Å². The molecule has 0 saturated carbocycles. The molecule has 0 aliphatic heterocycles. The van der Waals surface area contributed by atoms with Crippen LogP contribution in [0.5, 0.6) is 0 Å². The number of likely N-dealkylation sites (N-methyl/N-ethyl adjacent to an activating group) is 1. The van der Waals surface area contributed by atoms with Crippen molar-refractivity contribution in [2.45, 2.75) is 26.3 Å². The Kier molecular flexibility index (Phi) is 7.69. The highest BCUT2D eigenvalue weighted by Crippen LogP contribution is 1.96. The van der Waals surface area contributed by atoms with Crippen LogP contribution in [0, 0.1) is 0 Å². The van der Waals surface area contributed by atoms with Crippen molar-refractivity contribution in [3.05, 3.63) is 0 Å². The third-order valence-corrected chi connectivity index (χ3v) is 2.30. The molecule has 7 nitrogen and oxygen atoms in total. The Morgan fingerprint density at radius 3 is 2.33 bits per heavy atom. The predicted octanol–water partition coefficient (Wildman–Crippen LogP) is -0.966. The van der Waals surface area contributed by atoms with Crippen molar-refractivity contribution in [1.82, 2.24) is 15.5 Å². The maximum atomic E-state index is 11.3. The highest BCUT2D eigenvalue weighted by atomic mass is 16.4. The van der Waals surface area contributed by atoms with Gasteiger partial charge >= 0.3 is 5.97 Å². The molecule has 0 aliphatic carbocycles. The van der Waals surface area contributed by atoms with Gasteiger partial charge in [-0.05, 0) is 13.0 Å². The first-order chi connectivity index (χ1) is 8.40. The second-order valence-electron chi connectivity index (χ2n) is 4.00. The molecule has 0 radical (unpaired) electrons. The number of carboxylic acids is 1. The molecule has 1 atom stereocenters. The van der Waals surface area contributed by atoms with Gasteiger partial charge < -0.3 is 15.7 Å². The molecule has 2 amide bonds. The fourth-order valence-electron chi connectivity index (χ4n) is 1.52. The van der Waals surface area contributed by atoms with Gasteiger partial charge in [0.05, 0.1) is 6.54 Å². The zero-order valence-electron chi connectivity index (χ0n) is 11.0. The normalized spacial score (nSPS) is 12.0. The smallest absolute Gasteiger partial charge is 0.327 e. The number of carbonyl (C=O) groups excluding carboxylic acids is 2. The molecule has 0 saturated heterocycles. The van der Waals surface area contributed by atoms with E-state index in [-0.39, 0.29) is 19.0 Å². The topological polar surface area (TPSA) is 98.7 Å². The first-order valence-electron chi connectivity index (χ1n) is 5.83. The molecule has 18 heavy (non-hydrogen) atoms. The van der Waals surface area contributed by atoms with Gasteiger partial charge in [0.2, 0.25) is 11.8 Å². The van der Waals surface area contributed by atoms with Gasteiger partial charge in [-0.3, -0.25) is 14.5 Å². The lowest BCUT2D eigenvalue weighted by Gasteiger charge is -2.24. The maximum absolute atomic E-state index is 11.3. The quantitative estimate of drug-likeness (QED) is 0.521. The number of nitrogens with zero attached hydrogens (tertiary/aromatic N) is 1. The number of rotatable bonds is 8. The lowest BCUT2D eigenvalue weighted by Crippen LogP contribution is -2.49. The molecule has 104 valence electrons. The van der Waals surface area contributed by atoms with Crippen molar-refractivity contribution < 1.29 is 19.5 Å². The highest BCUT2D eigenvalue weighted by molar-refractivity contribution is 5.82. The minimum atomic E-state index is -1.11. The fourth-order valence-corrected chi connectivity index (χ4v) is 1.52. The van der Waals surface area contributed by atoms with Crippen LogP contribution < -0.4 is 10.6 Å². The average molecular weight is 259 g/mol. The van der Waals surface area contributed by atoms with Gasteiger partial charge in [-0.1, -0.05) is 6.92 Å². The summed E-state index contributed by atoms with van der Waals surface area (Å²) in [6, 6.07) is -1.00. The zero-order chi connectivity index (χ0) is 14.1. The summed E-state index contributed by atoms with van der Waals surface area (Å²) in [5, 5.41) is 13.8. The monoisotopic (exact) mass is 259 g/mol. The standard InChI is InChI=1S/C11H21N3O4/c1-4-5-14(7-10(16)12-3)6-9(11(17)18)13-8(2)15/h9H,4-7H2,1-3H3,(H,12,16)(H,13,15)(H,17,18). The minimum Gasteiger partial charge on any atom is -0.480 e. The molecule has 0 fully saturated rings. The van der Waals surface area contributed by atoms with Gasteiger partial charge in [-0.15, -0.1) is 0 Å². The van der Waals surface area contributed by atoms with Crippen LogP contribution in [0.1, 0.15) is 20.3 Å². The minimum absolute atomic E-state index is 0.107. The molecule has 3 N–H and O–H groups in total. The second kappa shape index (κ2) is 8.46. The molecule has 0 heterocycles. The van der Waals surface area contributed by atoms with Crippen LogP contribution in [-0.2, 0) is 14.4 Å². The summed E-state index contributed by atoms with van der Waals surface area (Å²) < 4.78 is 0. The maximum Gasteiger partial charge on any atom is 0.327 e. The Bertz CT molecular complexity index is 307. The van der Waals surface area contributed by atoms with Crippen molar-refractivity contribution >= 4 is 17.8 Å². The Balaban J connectivity index is 4.54. The second-order valence-corrected chi connectivity index (χ2v) is 4.00. The summed E-state index contributed by atoms with van der Waals surface area (Å²) in [5.74, 6) is -1.70. The summed E-state index contributed by atoms with van der Waals surface area (Å²) in [7, 11) is 1.52. The third-order valence-electron chi connectivity index (χ3n) is 2.30. The molecule has 0 spiro atoms. The van der Waals surface area contributed by atoms with Gasteiger partial charge in [0.15, 0.2) is 0 Å². The van der Waals surface area contributed by atoms with Gasteiger partial charge in [-0.2, -0.15) is 0 Å². The van der Waals surface area contributed by atoms with Crippen molar-refractivity contribution in [3.8, 4) is 0 Å². The largest absolute Gasteiger partial charge is 0.480 e. The van der Waals surface area contributed by atoms with Crippen LogP contribution in [-0.4, -0.2) is 60.5 Å². The summed E-state index contributed by atoms with van der Waals surface area (Å²) in [6.07, 6.45) is 0.795. The Hall–Kier alpha value is -1.63. The average Bonchev–Trinajstić information content (AvgIpc) is 2.27. The third kappa shape index (κ3) is 6.85. The molecule has 0 aromatic rings. The summed E-state index contributed by atoms with van der Waals surface area (Å²) >= 11 is 0. The Morgan fingerprint density at radius 1 is 1.33 bits per heavy atom. The summed E-state index contributed by atoms with van der Waals surface area (Å²) in [5.41, 5.74) is 0. The van der Waals surface area contributed by atoms with E-state index >= 15 is 0 Å². The van der Waals surface area contributed by atoms with E-state index in [1.165, 1.54) is 14.0 Å². The number of carboxylic acid groups (broad SMARTS) is 1. The lowest BCUT2D eigenvalue weighted by atomic mass is 10.2. The van der Waals surface area contributed by atoms with Crippen LogP contribution in [0.3, 0.4) is 0 Å². The van der Waals surface area contributed by atoms with E-state index in [2.05, 4.69) is 10.6 Å². The number of carbonyl (C=O) groups is 3. The summed E-state index contributed by atoms with van der Waals surface area (Å²) in [4.78, 5) is 34.9. The van der Waals surface area contributed by atoms with E-state index in [0.29, 0.717) is 6.54 Å². The highest BCUT2D eigenvalue weighted by Gasteiger charge is 2.22. The van der Waals surface area contributed by atoms with Crippen molar-refractivity contribution in [2.75, 3.05) is 26.7 Å². The number of aliphatic carboxylic acids is 1. The van der Waals surface area contributed by atoms with Crippen molar-refractivity contribution in [1.29, 1.82) is 0 Å². The van der Waals surface area contributed by atoms with Gasteiger partial charge in [0, 0.05) is 20.5 Å². The van der Waals surface area contributed by atoms with E-state index in [9.17, 15) is 14.4 Å². The molecule has 7 heteroatoms. The molecule has 1 unspecified atom stereocenters. The van der Waals surface area contributed by atoms with E-state index in [4.69, 9.17) is 5.11 Å². The number of hydrogen-bond donors (Lipinski definition) is 3. The van der Waals surface area contributed by atoms with Crippen LogP contribution >= 0.6 is 0 Å². The predicted molar refractivity (Wildman–Crippen MR) is 66.0 cm³/mol. The Morgan fingerprint density at radius 2 is 1.94 bits per heavy atom. The molecular formula is C11H21N3O4. The first kappa shape index (κ1) is 16.4. The van der Waals surface area contributed by atoms with Crippen LogP contribution in [0.2, 0.25) is 0 Å². The SMILES string of the molecule is CCCN(CC(=O)NC)CC(NC(C)=O)C(=O)O. The van der Waals surface area contributed by atoms with E-state index < -0.39 is 17.9 Å². The van der Waals surface area contributed by atoms with E-state index in [0.717, 1.165) is 6.42 Å². The lowest BCUT2D eigenvalue weighted by molar-refractivity contribution is -0.142. The number of amides is 2. The zero-order valence-corrected chi connectivity index (χ0v) is 11.0. The molecule has 0 rings (SSSR count). The first-order valence-corrected chi connectivity index (χ1v) is 5.83. The number of nitrogens with one attached hydrogen (secondary N) is 2. The summed E-state index contributed by atoms with van der Waals surface area (Å²) in [6.45, 7) is 4.02. The molecule has 0 aliphatic rings. The van der Waals surface area contributed by atoms with Gasteiger partial charge in [0.1, 0.15) is 6.04 Å². The van der Waals surface area contributed by atoms with Gasteiger partial charge in [0.25, 0.3) is 0 Å². The molecule has 0 bridgehead atoms. The fraction of sp³-hybridized carbons (Fsp3) is 0.727. The van der Waals surface area contributed by atoms with Crippen molar-refractivity contribution in [3.63, 3.8) is 0 Å². The molecule has 0 aromatic carbocycles. The molecular weight excluding hydrogens is 238 g/mol. The van der Waals surface area contributed by atoms with Gasteiger partial charge in [-0.25, -0.2) is 4.79 Å². The number of hydrogen-bond acceptors (Lipinski definition) is 4. The van der Waals surface area contributed by atoms with E-state index in [1.54, 1.807) is 4.90 Å². The molecule has 0 aromatic heterocycles. The Labute approximate surface area is 107 Å². The van der Waals surface area contributed by atoms with Crippen LogP contribution in [0.25, 0.3) is 0 Å². The van der Waals surface area contributed by atoms with Crippen molar-refractivity contribution in [2.24, 2.45) is 0 Å².